The monoisotopic (exact) mass is 377 g/mol. The van der Waals surface area contributed by atoms with Crippen molar-refractivity contribution >= 4 is 11.9 Å². The van der Waals surface area contributed by atoms with Gasteiger partial charge in [-0.3, -0.25) is 4.90 Å². The summed E-state index contributed by atoms with van der Waals surface area (Å²) in [6.07, 6.45) is 2.18. The Labute approximate surface area is 155 Å². The first-order chi connectivity index (χ1) is 12.8. The van der Waals surface area contributed by atoms with Crippen molar-refractivity contribution in [3.8, 4) is 0 Å². The first kappa shape index (κ1) is 20.5. The number of hydrogen-bond donors (Lipinski definition) is 2. The van der Waals surface area contributed by atoms with Crippen LogP contribution in [0.1, 0.15) is 29.9 Å². The van der Waals surface area contributed by atoms with Crippen molar-refractivity contribution in [3.63, 3.8) is 0 Å². The number of halogens is 2. The molecule has 0 atom stereocenters. The molecule has 0 unspecified atom stereocenters. The first-order valence-electron chi connectivity index (χ1n) is 8.53. The summed E-state index contributed by atoms with van der Waals surface area (Å²) in [6.45, 7) is 2.93. The molecule has 1 fully saturated rings. The van der Waals surface area contributed by atoms with Crippen molar-refractivity contribution < 1.29 is 28.6 Å². The fraction of sp³-hybridized carbons (Fsp3) is 0.300. The molecular weight excluding hydrogens is 356 g/mol. The van der Waals surface area contributed by atoms with E-state index in [2.05, 4.69) is 4.90 Å². The van der Waals surface area contributed by atoms with Gasteiger partial charge in [-0.15, -0.1) is 0 Å². The predicted octanol–water partition coefficient (Wildman–Crippen LogP) is 3.50. The van der Waals surface area contributed by atoms with Crippen molar-refractivity contribution in [1.82, 2.24) is 4.90 Å². The molecule has 0 saturated carbocycles. The quantitative estimate of drug-likeness (QED) is 0.801. The molecular formula is C20H21F2NO4. The number of carboxylic acid groups (broad SMARTS) is 2. The lowest BCUT2D eigenvalue weighted by Crippen LogP contribution is -2.32. The first-order valence-corrected chi connectivity index (χ1v) is 8.53. The minimum Gasteiger partial charge on any atom is -0.473 e. The van der Waals surface area contributed by atoms with E-state index in [4.69, 9.17) is 19.8 Å². The molecule has 0 radical (unpaired) electrons. The average molecular weight is 377 g/mol. The standard InChI is InChI=1S/C18H19F2N.C2H2O4/c19-17-5-1-14(2-6-17)13-21-11-9-16(10-12-21)15-3-7-18(20)8-4-15;3-1(4)2(5)6/h1-8,16H,9-13H2;(H,3,4)(H,5,6). The van der Waals surface area contributed by atoms with Gasteiger partial charge in [0.05, 0.1) is 0 Å². The minimum atomic E-state index is -1.82. The molecule has 0 spiro atoms. The third kappa shape index (κ3) is 6.79. The molecule has 0 aliphatic carbocycles. The maximum Gasteiger partial charge on any atom is 0.414 e. The highest BCUT2D eigenvalue weighted by atomic mass is 19.1. The summed E-state index contributed by atoms with van der Waals surface area (Å²) in [5.74, 6) is -3.48. The molecule has 1 saturated heterocycles. The Morgan fingerprint density at radius 2 is 1.30 bits per heavy atom. The van der Waals surface area contributed by atoms with Crippen LogP contribution in [0.15, 0.2) is 48.5 Å². The van der Waals surface area contributed by atoms with Gasteiger partial charge in [0.2, 0.25) is 0 Å². The number of likely N-dealkylation sites (tertiary alicyclic amines) is 1. The zero-order valence-corrected chi connectivity index (χ0v) is 14.6. The number of benzene rings is 2. The molecule has 0 bridgehead atoms. The Bertz CT molecular complexity index is 743. The lowest BCUT2D eigenvalue weighted by atomic mass is 9.89. The molecule has 1 heterocycles. The summed E-state index contributed by atoms with van der Waals surface area (Å²) in [5.41, 5.74) is 2.38. The normalized spacial score (nSPS) is 14.9. The molecule has 3 rings (SSSR count). The van der Waals surface area contributed by atoms with Crippen molar-refractivity contribution in [2.45, 2.75) is 25.3 Å². The minimum absolute atomic E-state index is 0.174. The Morgan fingerprint density at radius 1 is 0.852 bits per heavy atom. The fourth-order valence-electron chi connectivity index (χ4n) is 3.01. The van der Waals surface area contributed by atoms with Crippen LogP contribution >= 0.6 is 0 Å². The number of aliphatic carboxylic acids is 2. The topological polar surface area (TPSA) is 77.8 Å². The van der Waals surface area contributed by atoms with Crippen LogP contribution < -0.4 is 0 Å². The maximum absolute atomic E-state index is 13.0. The van der Waals surface area contributed by atoms with Crippen molar-refractivity contribution in [2.75, 3.05) is 13.1 Å². The number of hydrogen-bond acceptors (Lipinski definition) is 3. The van der Waals surface area contributed by atoms with Gasteiger partial charge in [-0.2, -0.15) is 0 Å². The Morgan fingerprint density at radius 3 is 1.74 bits per heavy atom. The van der Waals surface area contributed by atoms with E-state index in [1.54, 1.807) is 12.1 Å². The number of carbonyl (C=O) groups is 2. The predicted molar refractivity (Wildman–Crippen MR) is 95.3 cm³/mol. The maximum atomic E-state index is 13.0. The molecule has 1 aliphatic rings. The molecule has 7 heteroatoms. The van der Waals surface area contributed by atoms with Gasteiger partial charge in [0.25, 0.3) is 0 Å². The summed E-state index contributed by atoms with van der Waals surface area (Å²) < 4.78 is 25.8. The SMILES string of the molecule is Fc1ccc(CN2CCC(c3ccc(F)cc3)CC2)cc1.O=C(O)C(=O)O. The van der Waals surface area contributed by atoms with Gasteiger partial charge in [-0.25, -0.2) is 18.4 Å². The lowest BCUT2D eigenvalue weighted by molar-refractivity contribution is -0.159. The van der Waals surface area contributed by atoms with E-state index in [-0.39, 0.29) is 11.6 Å². The Balaban J connectivity index is 0.000000380. The summed E-state index contributed by atoms with van der Waals surface area (Å²) in [4.78, 5) is 20.6. The van der Waals surface area contributed by atoms with E-state index in [1.807, 2.05) is 24.3 Å². The second-order valence-corrected chi connectivity index (χ2v) is 6.34. The van der Waals surface area contributed by atoms with Crippen molar-refractivity contribution in [1.29, 1.82) is 0 Å². The van der Waals surface area contributed by atoms with Crippen LogP contribution in [0.2, 0.25) is 0 Å². The van der Waals surface area contributed by atoms with E-state index in [9.17, 15) is 8.78 Å². The highest BCUT2D eigenvalue weighted by Crippen LogP contribution is 2.28. The molecule has 0 amide bonds. The number of carboxylic acids is 2. The molecule has 0 aromatic heterocycles. The summed E-state index contributed by atoms with van der Waals surface area (Å²) >= 11 is 0. The highest BCUT2D eigenvalue weighted by Gasteiger charge is 2.20. The molecule has 27 heavy (non-hydrogen) atoms. The second-order valence-electron chi connectivity index (χ2n) is 6.34. The molecule has 2 aromatic carbocycles. The van der Waals surface area contributed by atoms with Crippen LogP contribution in [0, 0.1) is 11.6 Å². The van der Waals surface area contributed by atoms with Gasteiger partial charge in [0.1, 0.15) is 11.6 Å². The molecule has 144 valence electrons. The van der Waals surface area contributed by atoms with Gasteiger partial charge in [0, 0.05) is 6.54 Å². The number of rotatable bonds is 3. The summed E-state index contributed by atoms with van der Waals surface area (Å²) in [5, 5.41) is 14.8. The number of piperidine rings is 1. The van der Waals surface area contributed by atoms with Gasteiger partial charge >= 0.3 is 11.9 Å². The van der Waals surface area contributed by atoms with Crippen LogP contribution in [-0.4, -0.2) is 40.1 Å². The van der Waals surface area contributed by atoms with Crippen molar-refractivity contribution in [3.05, 3.63) is 71.3 Å². The molecule has 2 N–H and O–H groups in total. The third-order valence-corrected chi connectivity index (χ3v) is 4.43. The van der Waals surface area contributed by atoms with E-state index in [0.29, 0.717) is 5.92 Å². The zero-order valence-electron chi connectivity index (χ0n) is 14.6. The van der Waals surface area contributed by atoms with E-state index >= 15 is 0 Å². The van der Waals surface area contributed by atoms with Crippen LogP contribution in [-0.2, 0) is 16.1 Å². The van der Waals surface area contributed by atoms with Crippen LogP contribution in [0.25, 0.3) is 0 Å². The summed E-state index contributed by atoms with van der Waals surface area (Å²) in [6, 6.07) is 13.6. The smallest absolute Gasteiger partial charge is 0.414 e. The Hall–Kier alpha value is -2.80. The summed E-state index contributed by atoms with van der Waals surface area (Å²) in [7, 11) is 0. The van der Waals surface area contributed by atoms with Crippen molar-refractivity contribution in [2.24, 2.45) is 0 Å². The van der Waals surface area contributed by atoms with Crippen LogP contribution in [0.3, 0.4) is 0 Å². The lowest BCUT2D eigenvalue weighted by Gasteiger charge is -2.32. The average Bonchev–Trinajstić information content (AvgIpc) is 2.65. The van der Waals surface area contributed by atoms with Gasteiger partial charge < -0.3 is 10.2 Å². The van der Waals surface area contributed by atoms with Gasteiger partial charge in [-0.05, 0) is 67.2 Å². The molecule has 1 aliphatic heterocycles. The van der Waals surface area contributed by atoms with Gasteiger partial charge in [0.15, 0.2) is 0 Å². The van der Waals surface area contributed by atoms with Crippen LogP contribution in [0.4, 0.5) is 8.78 Å². The zero-order chi connectivity index (χ0) is 19.8. The largest absolute Gasteiger partial charge is 0.473 e. The fourth-order valence-corrected chi connectivity index (χ4v) is 3.01. The Kier molecular flexibility index (Phi) is 7.43. The highest BCUT2D eigenvalue weighted by molar-refractivity contribution is 6.27. The van der Waals surface area contributed by atoms with E-state index in [0.717, 1.165) is 38.0 Å². The van der Waals surface area contributed by atoms with Crippen LogP contribution in [0.5, 0.6) is 0 Å². The third-order valence-electron chi connectivity index (χ3n) is 4.43. The second kappa shape index (κ2) is 9.78. The van der Waals surface area contributed by atoms with E-state index in [1.165, 1.54) is 17.7 Å². The molecule has 2 aromatic rings. The van der Waals surface area contributed by atoms with Gasteiger partial charge in [-0.1, -0.05) is 24.3 Å². The molecule has 5 nitrogen and oxygen atoms in total. The number of nitrogens with zero attached hydrogens (tertiary/aromatic N) is 1. The van der Waals surface area contributed by atoms with E-state index < -0.39 is 11.9 Å².